The molecule has 0 unspecified atom stereocenters. The number of amides is 1. The molecular weight excluding hydrogens is 447 g/mol. The molecule has 12 heteroatoms. The molecule has 2 aliphatic rings. The molecule has 1 aromatic rings. The van der Waals surface area contributed by atoms with E-state index in [2.05, 4.69) is 20.6 Å². The van der Waals surface area contributed by atoms with Crippen LogP contribution in [0.1, 0.15) is 53.7 Å². The van der Waals surface area contributed by atoms with Crippen LogP contribution in [-0.2, 0) is 21.1 Å². The van der Waals surface area contributed by atoms with E-state index in [9.17, 15) is 17.8 Å². The maximum Gasteiger partial charge on any atom is 0.414 e. The normalized spacial score (nSPS) is 31.4. The van der Waals surface area contributed by atoms with Gasteiger partial charge in [-0.3, -0.25) is 14.5 Å². The van der Waals surface area contributed by atoms with E-state index < -0.39 is 62.4 Å². The van der Waals surface area contributed by atoms with E-state index >= 15 is 4.39 Å². The molecule has 0 spiro atoms. The zero-order chi connectivity index (χ0) is 24.3. The molecule has 178 valence electrons. The number of nitrogens with zero attached hydrogens (tertiary/aromatic N) is 2. The lowest BCUT2D eigenvalue weighted by Crippen LogP contribution is -2.66. The van der Waals surface area contributed by atoms with Crippen molar-refractivity contribution in [3.05, 3.63) is 23.6 Å². The number of halogens is 3. The van der Waals surface area contributed by atoms with E-state index in [-0.39, 0.29) is 17.3 Å². The summed E-state index contributed by atoms with van der Waals surface area (Å²) in [6.07, 6.45) is -1.84. The third-order valence-corrected chi connectivity index (χ3v) is 8.49. The Morgan fingerprint density at radius 2 is 1.81 bits per heavy atom. The SMILES string of the molecule is CC1(C)Nc2ccc(F)c(n2)[C@@]2(C)N=C(NC(=O)O1)C(C)(C)[S@](=O)[C@]2(C)CC(F)(F)CN. The Balaban J connectivity index is 2.39. The first-order valence-corrected chi connectivity index (χ1v) is 11.2. The van der Waals surface area contributed by atoms with Gasteiger partial charge in [-0.1, -0.05) is 0 Å². The van der Waals surface area contributed by atoms with Gasteiger partial charge in [0.05, 0.1) is 16.0 Å². The van der Waals surface area contributed by atoms with E-state index in [1.165, 1.54) is 33.8 Å². The Kier molecular flexibility index (Phi) is 5.66. The number of aromatic nitrogens is 1. The highest BCUT2D eigenvalue weighted by molar-refractivity contribution is 7.88. The molecule has 0 aliphatic carbocycles. The van der Waals surface area contributed by atoms with Crippen LogP contribution in [0.15, 0.2) is 17.1 Å². The maximum absolute atomic E-state index is 15.1. The Morgan fingerprint density at radius 3 is 2.41 bits per heavy atom. The van der Waals surface area contributed by atoms with Crippen molar-refractivity contribution in [1.82, 2.24) is 10.3 Å². The average molecular weight is 476 g/mol. The van der Waals surface area contributed by atoms with Crippen molar-refractivity contribution in [3.8, 4) is 0 Å². The van der Waals surface area contributed by atoms with Crippen LogP contribution in [0.3, 0.4) is 0 Å². The first kappa shape index (κ1) is 24.4. The van der Waals surface area contributed by atoms with Gasteiger partial charge in [0.1, 0.15) is 28.7 Å². The minimum atomic E-state index is -3.40. The second-order valence-corrected chi connectivity index (χ2v) is 11.9. The van der Waals surface area contributed by atoms with Crippen molar-refractivity contribution in [2.75, 3.05) is 11.9 Å². The number of carbonyl (C=O) groups is 1. The predicted octanol–water partition coefficient (Wildman–Crippen LogP) is 3.01. The second kappa shape index (κ2) is 7.41. The Labute approximate surface area is 187 Å². The lowest BCUT2D eigenvalue weighted by Gasteiger charge is -2.51. The summed E-state index contributed by atoms with van der Waals surface area (Å²) in [4.78, 5) is 21.4. The van der Waals surface area contributed by atoms with E-state index in [1.54, 1.807) is 13.8 Å². The van der Waals surface area contributed by atoms with Gasteiger partial charge < -0.3 is 15.8 Å². The number of nitrogens with two attached hydrogens (primary N) is 1. The van der Waals surface area contributed by atoms with Crippen molar-refractivity contribution < 1.29 is 26.9 Å². The summed E-state index contributed by atoms with van der Waals surface area (Å²) in [5.74, 6) is -4.17. The summed E-state index contributed by atoms with van der Waals surface area (Å²) in [6.45, 7) is 7.88. The third-order valence-electron chi connectivity index (χ3n) is 6.01. The van der Waals surface area contributed by atoms with Crippen LogP contribution in [0, 0.1) is 5.82 Å². The van der Waals surface area contributed by atoms with Crippen molar-refractivity contribution in [2.45, 2.75) is 74.6 Å². The van der Waals surface area contributed by atoms with Crippen molar-refractivity contribution in [1.29, 1.82) is 0 Å². The molecule has 8 nitrogen and oxygen atoms in total. The van der Waals surface area contributed by atoms with Crippen molar-refractivity contribution >= 4 is 28.5 Å². The molecule has 3 atom stereocenters. The number of pyridine rings is 1. The third kappa shape index (κ3) is 3.87. The summed E-state index contributed by atoms with van der Waals surface area (Å²) in [6, 6.07) is 2.43. The minimum absolute atomic E-state index is 0.0822. The Morgan fingerprint density at radius 1 is 1.19 bits per heavy atom. The predicted molar refractivity (Wildman–Crippen MR) is 116 cm³/mol. The van der Waals surface area contributed by atoms with Crippen LogP contribution in [-0.4, -0.2) is 48.8 Å². The van der Waals surface area contributed by atoms with Crippen LogP contribution in [0.25, 0.3) is 0 Å². The van der Waals surface area contributed by atoms with Gasteiger partial charge in [0.2, 0.25) is 0 Å². The fourth-order valence-corrected chi connectivity index (χ4v) is 6.38. The number of nitrogens with one attached hydrogen (secondary N) is 2. The maximum atomic E-state index is 15.1. The summed E-state index contributed by atoms with van der Waals surface area (Å²) >= 11 is 0. The molecule has 0 radical (unpaired) electrons. The zero-order valence-corrected chi connectivity index (χ0v) is 19.6. The fraction of sp³-hybridized carbons (Fsp3) is 0.650. The van der Waals surface area contributed by atoms with E-state index in [1.807, 2.05) is 0 Å². The van der Waals surface area contributed by atoms with Gasteiger partial charge in [-0.2, -0.15) is 0 Å². The molecule has 2 aliphatic heterocycles. The van der Waals surface area contributed by atoms with Crippen molar-refractivity contribution in [3.63, 3.8) is 0 Å². The highest BCUT2D eigenvalue weighted by Gasteiger charge is 2.63. The molecule has 3 heterocycles. The summed E-state index contributed by atoms with van der Waals surface area (Å²) in [7, 11) is -2.10. The molecule has 32 heavy (non-hydrogen) atoms. The van der Waals surface area contributed by atoms with Gasteiger partial charge >= 0.3 is 6.09 Å². The first-order chi connectivity index (χ1) is 14.5. The van der Waals surface area contributed by atoms with Crippen molar-refractivity contribution in [2.24, 2.45) is 10.7 Å². The minimum Gasteiger partial charge on any atom is -0.423 e. The molecule has 0 saturated heterocycles. The largest absolute Gasteiger partial charge is 0.423 e. The number of alkyl carbamates (subject to hydrolysis) is 1. The topological polar surface area (TPSA) is 119 Å². The summed E-state index contributed by atoms with van der Waals surface area (Å²) in [5.41, 5.74) is 1.88. The molecular formula is C20H28F3N5O3S. The standard InChI is InChI=1S/C20H28F3N5O3S/c1-16(2)14-26-15(29)31-17(3,4)27-12-8-7-11(21)13(25-12)19(6,28-14)18(5,32(16)30)9-20(22,23)10-24/h7-8H,9-10,24H2,1-6H3,(H,25,27)(H,26,28,29)/t18-,19-,32+/m1/s1. The number of hydrogen-bond donors (Lipinski definition) is 3. The lowest BCUT2D eigenvalue weighted by atomic mass is 9.78. The molecule has 1 amide bonds. The molecule has 0 fully saturated rings. The van der Waals surface area contributed by atoms with Gasteiger partial charge in [-0.25, -0.2) is 22.9 Å². The quantitative estimate of drug-likeness (QED) is 0.619. The number of amidine groups is 1. The van der Waals surface area contributed by atoms with Crippen LogP contribution < -0.4 is 16.4 Å². The number of cyclic esters (lactones) is 1. The fourth-order valence-electron chi connectivity index (χ4n) is 4.13. The molecule has 1 aromatic heterocycles. The molecule has 4 bridgehead atoms. The Hall–Kier alpha value is -2.21. The number of fused-ring (bicyclic) bond motifs is 4. The van der Waals surface area contributed by atoms with Crippen LogP contribution in [0.4, 0.5) is 23.8 Å². The van der Waals surface area contributed by atoms with Gasteiger partial charge in [0.15, 0.2) is 5.72 Å². The Bertz CT molecular complexity index is 1020. The zero-order valence-electron chi connectivity index (χ0n) is 18.8. The van der Waals surface area contributed by atoms with Gasteiger partial charge in [0.25, 0.3) is 5.92 Å². The first-order valence-electron chi connectivity index (χ1n) is 10.0. The summed E-state index contributed by atoms with van der Waals surface area (Å²) < 4.78 is 60.4. The van der Waals surface area contributed by atoms with Crippen LogP contribution >= 0.6 is 0 Å². The van der Waals surface area contributed by atoms with E-state index in [0.717, 1.165) is 6.07 Å². The average Bonchev–Trinajstić information content (AvgIpc) is 2.66. The molecule has 0 saturated carbocycles. The monoisotopic (exact) mass is 475 g/mol. The smallest absolute Gasteiger partial charge is 0.414 e. The number of rotatable bonds is 3. The highest BCUT2D eigenvalue weighted by Crippen LogP contribution is 2.52. The summed E-state index contributed by atoms with van der Waals surface area (Å²) in [5, 5.41) is 5.36. The number of anilines is 1. The van der Waals surface area contributed by atoms with Crippen LogP contribution in [0.5, 0.6) is 0 Å². The molecule has 0 aromatic carbocycles. The number of alkyl halides is 2. The lowest BCUT2D eigenvalue weighted by molar-refractivity contribution is -0.0160. The second-order valence-electron chi connectivity index (χ2n) is 9.46. The van der Waals surface area contributed by atoms with Gasteiger partial charge in [0, 0.05) is 17.2 Å². The number of carbonyl (C=O) groups excluding carboxylic acids is 1. The number of ether oxygens (including phenoxy) is 1. The van der Waals surface area contributed by atoms with Crippen LogP contribution in [0.2, 0.25) is 0 Å². The molecule has 4 N–H and O–H groups in total. The number of aliphatic imine (C=N–C) groups is 1. The van der Waals surface area contributed by atoms with E-state index in [0.29, 0.717) is 0 Å². The van der Waals surface area contributed by atoms with E-state index in [4.69, 9.17) is 10.5 Å². The number of hydrogen-bond acceptors (Lipinski definition) is 7. The highest BCUT2D eigenvalue weighted by atomic mass is 32.2. The van der Waals surface area contributed by atoms with Gasteiger partial charge in [-0.05, 0) is 53.7 Å². The molecule has 3 rings (SSSR count). The van der Waals surface area contributed by atoms with Gasteiger partial charge in [-0.15, -0.1) is 0 Å².